The summed E-state index contributed by atoms with van der Waals surface area (Å²) < 4.78 is 6.69. The van der Waals surface area contributed by atoms with E-state index in [1.807, 2.05) is 20.8 Å². The van der Waals surface area contributed by atoms with Gasteiger partial charge in [-0.2, -0.15) is 0 Å². The second kappa shape index (κ2) is 10.1. The second-order valence-electron chi connectivity index (χ2n) is 8.07. The Bertz CT molecular complexity index is 1180. The molecule has 1 heterocycles. The minimum atomic E-state index is -0.714. The predicted molar refractivity (Wildman–Crippen MR) is 124 cm³/mol. The maximum Gasteiger partial charge on any atom is 0.338 e. The normalized spacial score (nSPS) is 11.0. The van der Waals surface area contributed by atoms with Gasteiger partial charge >= 0.3 is 5.97 Å². The van der Waals surface area contributed by atoms with E-state index in [2.05, 4.69) is 5.32 Å². The van der Waals surface area contributed by atoms with Crippen molar-refractivity contribution in [2.75, 3.05) is 11.9 Å². The van der Waals surface area contributed by atoms with Gasteiger partial charge in [-0.1, -0.05) is 39.3 Å². The summed E-state index contributed by atoms with van der Waals surface area (Å²) in [5.41, 5.74) is 0.469. The molecule has 0 spiro atoms. The summed E-state index contributed by atoms with van der Waals surface area (Å²) in [7, 11) is 0. The molecule has 3 aromatic rings. The van der Waals surface area contributed by atoms with E-state index in [0.717, 1.165) is 12.8 Å². The topological polar surface area (TPSA) is 97.6 Å². The van der Waals surface area contributed by atoms with Crippen LogP contribution in [-0.4, -0.2) is 28.2 Å². The largest absolute Gasteiger partial charge is 0.506 e. The molecule has 0 saturated heterocycles. The molecule has 1 aromatic heterocycles. The first-order chi connectivity index (χ1) is 15.3. The van der Waals surface area contributed by atoms with Gasteiger partial charge in [0.1, 0.15) is 11.3 Å². The summed E-state index contributed by atoms with van der Waals surface area (Å²) in [5.74, 6) is -1.32. The van der Waals surface area contributed by atoms with Crippen LogP contribution in [-0.2, 0) is 11.3 Å². The van der Waals surface area contributed by atoms with Crippen LogP contribution in [0, 0.1) is 5.92 Å². The molecule has 0 saturated carbocycles. The van der Waals surface area contributed by atoms with E-state index in [1.54, 1.807) is 48.5 Å². The number of nitrogens with one attached hydrogen (secondary N) is 1. The molecule has 0 aliphatic rings. The smallest absolute Gasteiger partial charge is 0.338 e. The van der Waals surface area contributed by atoms with Crippen molar-refractivity contribution in [1.29, 1.82) is 0 Å². The van der Waals surface area contributed by atoms with Crippen molar-refractivity contribution in [3.63, 3.8) is 0 Å². The molecule has 0 radical (unpaired) electrons. The summed E-state index contributed by atoms with van der Waals surface area (Å²) in [5, 5.41) is 13.8. The first-order valence-electron chi connectivity index (χ1n) is 10.8. The van der Waals surface area contributed by atoms with Gasteiger partial charge in [0.05, 0.1) is 17.7 Å². The Morgan fingerprint density at radius 2 is 1.78 bits per heavy atom. The van der Waals surface area contributed by atoms with Crippen LogP contribution in [0.4, 0.5) is 5.69 Å². The zero-order chi connectivity index (χ0) is 23.3. The summed E-state index contributed by atoms with van der Waals surface area (Å²) >= 11 is 0. The Morgan fingerprint density at radius 1 is 1.09 bits per heavy atom. The third-order valence-corrected chi connectivity index (χ3v) is 5.03. The van der Waals surface area contributed by atoms with Crippen LogP contribution in [0.5, 0.6) is 5.75 Å². The quantitative estimate of drug-likeness (QED) is 0.398. The molecule has 0 unspecified atom stereocenters. The van der Waals surface area contributed by atoms with Crippen LogP contribution in [0.25, 0.3) is 10.9 Å². The molecule has 2 N–H and O–H groups in total. The lowest BCUT2D eigenvalue weighted by Gasteiger charge is -2.16. The van der Waals surface area contributed by atoms with E-state index < -0.39 is 17.4 Å². The fraction of sp³-hybridized carbons (Fsp3) is 0.320. The number of unbranched alkanes of at least 4 members (excludes halogenated alkanes) is 1. The zero-order valence-corrected chi connectivity index (χ0v) is 18.6. The number of benzene rings is 2. The monoisotopic (exact) mass is 436 g/mol. The number of aromatic hydroxyl groups is 1. The number of para-hydroxylation sites is 1. The Hall–Kier alpha value is -3.61. The van der Waals surface area contributed by atoms with E-state index in [1.165, 1.54) is 4.57 Å². The predicted octanol–water partition coefficient (Wildman–Crippen LogP) is 4.57. The van der Waals surface area contributed by atoms with Crippen molar-refractivity contribution in [3.05, 3.63) is 70.0 Å². The Labute approximate surface area is 186 Å². The number of anilines is 1. The lowest BCUT2D eigenvalue weighted by atomic mass is 10.1. The second-order valence-corrected chi connectivity index (χ2v) is 8.07. The van der Waals surface area contributed by atoms with Crippen molar-refractivity contribution in [1.82, 2.24) is 4.57 Å². The molecule has 0 fully saturated rings. The first kappa shape index (κ1) is 23.1. The van der Waals surface area contributed by atoms with E-state index in [0.29, 0.717) is 35.3 Å². The summed E-state index contributed by atoms with van der Waals surface area (Å²) in [6, 6.07) is 13.1. The maximum absolute atomic E-state index is 13.1. The Kier molecular flexibility index (Phi) is 7.30. The van der Waals surface area contributed by atoms with Crippen molar-refractivity contribution < 1.29 is 19.4 Å². The third kappa shape index (κ3) is 4.99. The highest BCUT2D eigenvalue weighted by Gasteiger charge is 2.22. The van der Waals surface area contributed by atoms with Gasteiger partial charge in [0, 0.05) is 17.6 Å². The van der Waals surface area contributed by atoms with Gasteiger partial charge in [0.15, 0.2) is 0 Å². The number of carbonyl (C=O) groups is 2. The average Bonchev–Trinajstić information content (AvgIpc) is 2.77. The molecular weight excluding hydrogens is 408 g/mol. The van der Waals surface area contributed by atoms with Crippen molar-refractivity contribution in [2.24, 2.45) is 5.92 Å². The number of pyridine rings is 1. The summed E-state index contributed by atoms with van der Waals surface area (Å²) in [4.78, 5) is 38.1. The molecule has 1 amide bonds. The maximum atomic E-state index is 13.1. The van der Waals surface area contributed by atoms with Gasteiger partial charge in [0.25, 0.3) is 11.5 Å². The molecule has 32 heavy (non-hydrogen) atoms. The van der Waals surface area contributed by atoms with Crippen LogP contribution < -0.4 is 10.9 Å². The molecule has 168 valence electrons. The summed E-state index contributed by atoms with van der Waals surface area (Å²) in [6.07, 6.45) is 1.72. The van der Waals surface area contributed by atoms with Crippen LogP contribution in [0.2, 0.25) is 0 Å². The number of esters is 1. The lowest BCUT2D eigenvalue weighted by Crippen LogP contribution is -2.31. The number of ether oxygens (including phenoxy) is 1. The van der Waals surface area contributed by atoms with Crippen molar-refractivity contribution in [2.45, 2.75) is 40.2 Å². The molecule has 0 atom stereocenters. The van der Waals surface area contributed by atoms with E-state index >= 15 is 0 Å². The highest BCUT2D eigenvalue weighted by atomic mass is 16.5. The fourth-order valence-electron chi connectivity index (χ4n) is 3.42. The van der Waals surface area contributed by atoms with Crippen LogP contribution >= 0.6 is 0 Å². The molecule has 7 heteroatoms. The van der Waals surface area contributed by atoms with Gasteiger partial charge in [-0.05, 0) is 48.7 Å². The van der Waals surface area contributed by atoms with Gasteiger partial charge in [-0.25, -0.2) is 4.79 Å². The van der Waals surface area contributed by atoms with Crippen molar-refractivity contribution >= 4 is 28.5 Å². The molecule has 7 nitrogen and oxygen atoms in total. The molecule has 2 aromatic carbocycles. The number of amides is 1. The number of aromatic nitrogens is 1. The highest BCUT2D eigenvalue weighted by molar-refractivity contribution is 6.09. The lowest BCUT2D eigenvalue weighted by molar-refractivity contribution is 0.0499. The standard InChI is InChI=1S/C25H28N2O5/c1-4-5-14-32-25(31)17-10-12-18(13-11-17)26-23(29)21-22(28)19-8-6-7-9-20(19)27(24(21)30)15-16(2)3/h6-13,16,28H,4-5,14-15H2,1-3H3,(H,26,29). The van der Waals surface area contributed by atoms with E-state index in [-0.39, 0.29) is 17.2 Å². The number of hydrogen-bond donors (Lipinski definition) is 2. The number of fused-ring (bicyclic) bond motifs is 1. The summed E-state index contributed by atoms with van der Waals surface area (Å²) in [6.45, 7) is 6.73. The van der Waals surface area contributed by atoms with Gasteiger partial charge in [-0.3, -0.25) is 9.59 Å². The van der Waals surface area contributed by atoms with Crippen LogP contribution in [0.1, 0.15) is 54.3 Å². The third-order valence-electron chi connectivity index (χ3n) is 5.03. The van der Waals surface area contributed by atoms with Crippen LogP contribution in [0.3, 0.4) is 0 Å². The van der Waals surface area contributed by atoms with Gasteiger partial charge < -0.3 is 19.7 Å². The molecular formula is C25H28N2O5. The van der Waals surface area contributed by atoms with Crippen molar-refractivity contribution in [3.8, 4) is 5.75 Å². The molecule has 3 rings (SSSR count). The number of hydrogen-bond acceptors (Lipinski definition) is 5. The van der Waals surface area contributed by atoms with E-state index in [4.69, 9.17) is 4.74 Å². The minimum Gasteiger partial charge on any atom is -0.506 e. The number of nitrogens with zero attached hydrogens (tertiary/aromatic N) is 1. The SMILES string of the molecule is CCCCOC(=O)c1ccc(NC(=O)c2c(O)c3ccccc3n(CC(C)C)c2=O)cc1. The first-order valence-corrected chi connectivity index (χ1v) is 10.8. The number of carbonyl (C=O) groups excluding carboxylic acids is 2. The van der Waals surface area contributed by atoms with E-state index in [9.17, 15) is 19.5 Å². The Balaban J connectivity index is 1.89. The molecule has 0 bridgehead atoms. The highest BCUT2D eigenvalue weighted by Crippen LogP contribution is 2.27. The van der Waals surface area contributed by atoms with Gasteiger partial charge in [-0.15, -0.1) is 0 Å². The van der Waals surface area contributed by atoms with Gasteiger partial charge in [0.2, 0.25) is 0 Å². The zero-order valence-electron chi connectivity index (χ0n) is 18.6. The number of rotatable bonds is 8. The molecule has 0 aliphatic carbocycles. The van der Waals surface area contributed by atoms with Crippen LogP contribution in [0.15, 0.2) is 53.3 Å². The average molecular weight is 437 g/mol. The molecule has 0 aliphatic heterocycles. The Morgan fingerprint density at radius 3 is 2.44 bits per heavy atom. The minimum absolute atomic E-state index is 0.168. The fourth-order valence-corrected chi connectivity index (χ4v) is 3.42.